The van der Waals surface area contributed by atoms with Gasteiger partial charge >= 0.3 is 0 Å². The number of hydrogen-bond acceptors (Lipinski definition) is 2. The van der Waals surface area contributed by atoms with Crippen LogP contribution in [0.2, 0.25) is 0 Å². The normalized spacial score (nSPS) is 22.8. The van der Waals surface area contributed by atoms with Crippen LogP contribution >= 0.6 is 0 Å². The number of rotatable bonds is 1. The van der Waals surface area contributed by atoms with Gasteiger partial charge in [0, 0.05) is 12.5 Å². The molecule has 1 aliphatic rings. The third kappa shape index (κ3) is 1.30. The fraction of sp³-hybridized carbons (Fsp3) is 0.400. The highest BCUT2D eigenvalue weighted by atomic mass is 16.5. The number of ether oxygens (including phenoxy) is 1. The zero-order valence-electron chi connectivity index (χ0n) is 6.86. The van der Waals surface area contributed by atoms with Crippen molar-refractivity contribution in [3.8, 4) is 5.75 Å². The number of phenols is 1. The lowest BCUT2D eigenvalue weighted by Crippen LogP contribution is -1.97. The van der Waals surface area contributed by atoms with Gasteiger partial charge in [-0.05, 0) is 18.1 Å². The largest absolute Gasteiger partial charge is 0.508 e. The molecule has 1 atom stereocenters. The van der Waals surface area contributed by atoms with Crippen LogP contribution in [0.4, 0.5) is 0 Å². The quantitative estimate of drug-likeness (QED) is 0.686. The minimum Gasteiger partial charge on any atom is -0.508 e. The number of hydrogen-bond donors (Lipinski definition) is 1. The zero-order chi connectivity index (χ0) is 8.39. The predicted molar refractivity (Wildman–Crippen MR) is 46.3 cm³/mol. The Hall–Kier alpha value is -1.02. The van der Waals surface area contributed by atoms with Crippen molar-refractivity contribution in [3.05, 3.63) is 29.8 Å². The Balaban J connectivity index is 2.26. The van der Waals surface area contributed by atoms with E-state index in [2.05, 4.69) is 0 Å². The standard InChI is InChI=1S/C10H12O2/c11-10-4-2-1-3-9(10)8-5-6-12-7-8/h1-4,8,11H,5-7H2. The van der Waals surface area contributed by atoms with Crippen molar-refractivity contribution >= 4 is 0 Å². The van der Waals surface area contributed by atoms with Crippen molar-refractivity contribution in [1.82, 2.24) is 0 Å². The van der Waals surface area contributed by atoms with Crippen molar-refractivity contribution < 1.29 is 9.84 Å². The monoisotopic (exact) mass is 164 g/mol. The van der Waals surface area contributed by atoms with E-state index in [1.807, 2.05) is 18.2 Å². The molecule has 1 heterocycles. The Morgan fingerprint density at radius 3 is 2.83 bits per heavy atom. The Morgan fingerprint density at radius 2 is 2.17 bits per heavy atom. The van der Waals surface area contributed by atoms with Crippen LogP contribution in [0.3, 0.4) is 0 Å². The van der Waals surface area contributed by atoms with Crippen molar-refractivity contribution in [2.75, 3.05) is 13.2 Å². The summed E-state index contributed by atoms with van der Waals surface area (Å²) in [7, 11) is 0. The Bertz CT molecular complexity index is 264. The Morgan fingerprint density at radius 1 is 1.33 bits per heavy atom. The summed E-state index contributed by atoms with van der Waals surface area (Å²) in [5.74, 6) is 0.791. The van der Waals surface area contributed by atoms with E-state index in [0.29, 0.717) is 11.7 Å². The number of benzene rings is 1. The summed E-state index contributed by atoms with van der Waals surface area (Å²) in [6, 6.07) is 7.49. The molecule has 1 fully saturated rings. The molecular weight excluding hydrogens is 152 g/mol. The van der Waals surface area contributed by atoms with Crippen LogP contribution < -0.4 is 0 Å². The molecule has 0 spiro atoms. The molecule has 12 heavy (non-hydrogen) atoms. The third-order valence-corrected chi connectivity index (χ3v) is 2.31. The van der Waals surface area contributed by atoms with Crippen LogP contribution in [-0.2, 0) is 4.74 Å². The van der Waals surface area contributed by atoms with E-state index < -0.39 is 0 Å². The highest BCUT2D eigenvalue weighted by Crippen LogP contribution is 2.30. The maximum absolute atomic E-state index is 9.52. The lowest BCUT2D eigenvalue weighted by molar-refractivity contribution is 0.193. The van der Waals surface area contributed by atoms with Crippen LogP contribution in [0, 0.1) is 0 Å². The Kier molecular flexibility index (Phi) is 2.00. The van der Waals surface area contributed by atoms with Crippen LogP contribution in [-0.4, -0.2) is 18.3 Å². The molecule has 1 N–H and O–H groups in total. The van der Waals surface area contributed by atoms with Gasteiger partial charge in [0.15, 0.2) is 0 Å². The number of phenolic OH excluding ortho intramolecular Hbond substituents is 1. The van der Waals surface area contributed by atoms with Gasteiger partial charge in [-0.1, -0.05) is 18.2 Å². The van der Waals surface area contributed by atoms with Gasteiger partial charge in [0.05, 0.1) is 6.61 Å². The van der Waals surface area contributed by atoms with Gasteiger partial charge in [-0.3, -0.25) is 0 Å². The number of aromatic hydroxyl groups is 1. The van der Waals surface area contributed by atoms with Gasteiger partial charge in [-0.2, -0.15) is 0 Å². The lowest BCUT2D eigenvalue weighted by atomic mass is 9.98. The summed E-state index contributed by atoms with van der Waals surface area (Å²) in [4.78, 5) is 0. The topological polar surface area (TPSA) is 29.5 Å². The SMILES string of the molecule is Oc1ccccc1C1CCOC1. The van der Waals surface area contributed by atoms with E-state index in [1.54, 1.807) is 6.07 Å². The number of para-hydroxylation sites is 1. The van der Waals surface area contributed by atoms with E-state index in [4.69, 9.17) is 4.74 Å². The van der Waals surface area contributed by atoms with E-state index in [0.717, 1.165) is 25.2 Å². The molecule has 1 unspecified atom stereocenters. The van der Waals surface area contributed by atoms with Gasteiger partial charge in [0.25, 0.3) is 0 Å². The summed E-state index contributed by atoms with van der Waals surface area (Å²) in [6.45, 7) is 1.57. The van der Waals surface area contributed by atoms with Crippen LogP contribution in [0.5, 0.6) is 5.75 Å². The third-order valence-electron chi connectivity index (χ3n) is 2.31. The van der Waals surface area contributed by atoms with Crippen molar-refractivity contribution in [3.63, 3.8) is 0 Å². The summed E-state index contributed by atoms with van der Waals surface area (Å²) in [6.07, 6.45) is 1.03. The molecule has 64 valence electrons. The van der Waals surface area contributed by atoms with Crippen molar-refractivity contribution in [1.29, 1.82) is 0 Å². The maximum Gasteiger partial charge on any atom is 0.119 e. The molecule has 1 aliphatic heterocycles. The molecule has 2 rings (SSSR count). The zero-order valence-corrected chi connectivity index (χ0v) is 6.86. The molecule has 0 aliphatic carbocycles. The molecule has 0 radical (unpaired) electrons. The predicted octanol–water partition coefficient (Wildman–Crippen LogP) is 1.90. The molecule has 1 aromatic rings. The summed E-state index contributed by atoms with van der Waals surface area (Å²) >= 11 is 0. The van der Waals surface area contributed by atoms with E-state index in [1.165, 1.54) is 0 Å². The second kappa shape index (κ2) is 3.15. The second-order valence-corrected chi connectivity index (χ2v) is 3.12. The van der Waals surface area contributed by atoms with Gasteiger partial charge in [0.1, 0.15) is 5.75 Å². The van der Waals surface area contributed by atoms with Crippen LogP contribution in [0.25, 0.3) is 0 Å². The average molecular weight is 164 g/mol. The minimum atomic E-state index is 0.395. The van der Waals surface area contributed by atoms with E-state index >= 15 is 0 Å². The van der Waals surface area contributed by atoms with Crippen LogP contribution in [0.1, 0.15) is 17.9 Å². The molecule has 0 saturated carbocycles. The van der Waals surface area contributed by atoms with E-state index in [-0.39, 0.29) is 0 Å². The Labute approximate surface area is 71.8 Å². The smallest absolute Gasteiger partial charge is 0.119 e. The first-order valence-corrected chi connectivity index (χ1v) is 4.23. The first kappa shape index (κ1) is 7.62. The van der Waals surface area contributed by atoms with Crippen molar-refractivity contribution in [2.45, 2.75) is 12.3 Å². The maximum atomic E-state index is 9.52. The summed E-state index contributed by atoms with van der Waals surface area (Å²) in [5, 5.41) is 9.52. The summed E-state index contributed by atoms with van der Waals surface area (Å²) in [5.41, 5.74) is 1.02. The molecule has 0 amide bonds. The molecule has 1 saturated heterocycles. The molecule has 2 heteroatoms. The fourth-order valence-electron chi connectivity index (χ4n) is 1.61. The average Bonchev–Trinajstić information content (AvgIpc) is 2.57. The lowest BCUT2D eigenvalue weighted by Gasteiger charge is -2.08. The molecular formula is C10H12O2. The molecule has 0 bridgehead atoms. The van der Waals surface area contributed by atoms with Gasteiger partial charge in [-0.25, -0.2) is 0 Å². The molecule has 2 nitrogen and oxygen atoms in total. The van der Waals surface area contributed by atoms with Crippen LogP contribution in [0.15, 0.2) is 24.3 Å². The van der Waals surface area contributed by atoms with E-state index in [9.17, 15) is 5.11 Å². The van der Waals surface area contributed by atoms with Gasteiger partial charge < -0.3 is 9.84 Å². The van der Waals surface area contributed by atoms with Crippen molar-refractivity contribution in [2.24, 2.45) is 0 Å². The van der Waals surface area contributed by atoms with Gasteiger partial charge in [-0.15, -0.1) is 0 Å². The minimum absolute atomic E-state index is 0.395. The molecule has 1 aromatic carbocycles. The molecule has 0 aromatic heterocycles. The van der Waals surface area contributed by atoms with Gasteiger partial charge in [0.2, 0.25) is 0 Å². The fourth-order valence-corrected chi connectivity index (χ4v) is 1.61. The summed E-state index contributed by atoms with van der Waals surface area (Å²) < 4.78 is 5.26. The first-order chi connectivity index (χ1) is 5.88. The first-order valence-electron chi connectivity index (χ1n) is 4.23. The highest BCUT2D eigenvalue weighted by Gasteiger charge is 2.19. The second-order valence-electron chi connectivity index (χ2n) is 3.12. The highest BCUT2D eigenvalue weighted by molar-refractivity contribution is 5.35.